The summed E-state index contributed by atoms with van der Waals surface area (Å²) in [5, 5.41) is 8.98. The molecule has 1 fully saturated rings. The third kappa shape index (κ3) is 2.94. The van der Waals surface area contributed by atoms with Crippen molar-refractivity contribution in [3.8, 4) is 0 Å². The largest absolute Gasteiger partial charge is 0.396 e. The average Bonchev–Trinajstić information content (AvgIpc) is 2.19. The lowest BCUT2D eigenvalue weighted by Gasteiger charge is -2.37. The van der Waals surface area contributed by atoms with Crippen molar-refractivity contribution in [2.75, 3.05) is 18.1 Å². The molecule has 0 saturated heterocycles. The first-order valence-electron chi connectivity index (χ1n) is 6.40. The highest BCUT2D eigenvalue weighted by Crippen LogP contribution is 2.27. The smallest absolute Gasteiger partial charge is 0.226 e. The van der Waals surface area contributed by atoms with Crippen molar-refractivity contribution < 1.29 is 5.11 Å². The molecule has 1 N–H and O–H groups in total. The van der Waals surface area contributed by atoms with Crippen LogP contribution in [0.2, 0.25) is 0 Å². The Morgan fingerprint density at radius 1 is 1.29 bits per heavy atom. The van der Waals surface area contributed by atoms with Crippen molar-refractivity contribution in [3.05, 3.63) is 17.5 Å². The SMILES string of the molecule is Cc1cc(C)nc(N(CCCO)C2CCC2)n1. The molecular weight excluding hydrogens is 214 g/mol. The van der Waals surface area contributed by atoms with E-state index in [4.69, 9.17) is 5.11 Å². The molecule has 0 spiro atoms. The molecule has 2 rings (SSSR count). The number of rotatable bonds is 5. The molecule has 1 aliphatic carbocycles. The van der Waals surface area contributed by atoms with Gasteiger partial charge >= 0.3 is 0 Å². The fraction of sp³-hybridized carbons (Fsp3) is 0.692. The predicted molar refractivity (Wildman–Crippen MR) is 68.2 cm³/mol. The minimum Gasteiger partial charge on any atom is -0.396 e. The summed E-state index contributed by atoms with van der Waals surface area (Å²) in [7, 11) is 0. The Morgan fingerprint density at radius 2 is 1.94 bits per heavy atom. The van der Waals surface area contributed by atoms with Gasteiger partial charge in [0, 0.05) is 30.6 Å². The summed E-state index contributed by atoms with van der Waals surface area (Å²) in [6.07, 6.45) is 4.53. The summed E-state index contributed by atoms with van der Waals surface area (Å²) in [5.74, 6) is 0.834. The lowest BCUT2D eigenvalue weighted by atomic mass is 9.91. The highest BCUT2D eigenvalue weighted by molar-refractivity contribution is 5.34. The van der Waals surface area contributed by atoms with E-state index in [9.17, 15) is 0 Å². The van der Waals surface area contributed by atoms with Crippen molar-refractivity contribution in [2.45, 2.75) is 45.6 Å². The molecule has 17 heavy (non-hydrogen) atoms. The Kier molecular flexibility index (Phi) is 3.94. The molecule has 0 atom stereocenters. The number of hydrogen-bond acceptors (Lipinski definition) is 4. The summed E-state index contributed by atoms with van der Waals surface area (Å²) in [5.41, 5.74) is 2.03. The Hall–Kier alpha value is -1.16. The number of anilines is 1. The van der Waals surface area contributed by atoms with Crippen molar-refractivity contribution in [1.82, 2.24) is 9.97 Å². The van der Waals surface area contributed by atoms with Gasteiger partial charge in [-0.05, 0) is 45.6 Å². The molecule has 0 bridgehead atoms. The molecule has 0 aromatic carbocycles. The minimum atomic E-state index is 0.230. The van der Waals surface area contributed by atoms with Crippen LogP contribution in [0, 0.1) is 13.8 Å². The van der Waals surface area contributed by atoms with Crippen LogP contribution < -0.4 is 4.90 Å². The van der Waals surface area contributed by atoms with Gasteiger partial charge in [-0.3, -0.25) is 0 Å². The van der Waals surface area contributed by atoms with E-state index in [1.54, 1.807) is 0 Å². The van der Waals surface area contributed by atoms with Gasteiger partial charge in [0.2, 0.25) is 5.95 Å². The second-order valence-electron chi connectivity index (χ2n) is 4.81. The molecular formula is C13H21N3O. The van der Waals surface area contributed by atoms with E-state index in [1.807, 2.05) is 19.9 Å². The molecule has 1 aliphatic rings. The highest BCUT2D eigenvalue weighted by Gasteiger charge is 2.26. The van der Waals surface area contributed by atoms with Gasteiger partial charge in [-0.1, -0.05) is 0 Å². The third-order valence-electron chi connectivity index (χ3n) is 3.30. The maximum Gasteiger partial charge on any atom is 0.226 e. The lowest BCUT2D eigenvalue weighted by Crippen LogP contribution is -2.42. The van der Waals surface area contributed by atoms with Crippen LogP contribution in [0.4, 0.5) is 5.95 Å². The normalized spacial score (nSPS) is 15.7. The van der Waals surface area contributed by atoms with Crippen LogP contribution in [0.15, 0.2) is 6.07 Å². The Morgan fingerprint density at radius 3 is 2.41 bits per heavy atom. The molecule has 0 amide bonds. The zero-order valence-electron chi connectivity index (χ0n) is 10.7. The monoisotopic (exact) mass is 235 g/mol. The van der Waals surface area contributed by atoms with Gasteiger partial charge in [-0.25, -0.2) is 9.97 Å². The summed E-state index contributed by atoms with van der Waals surface area (Å²) in [6, 6.07) is 2.57. The molecule has 0 aliphatic heterocycles. The fourth-order valence-electron chi connectivity index (χ4n) is 2.22. The number of aryl methyl sites for hydroxylation is 2. The quantitative estimate of drug-likeness (QED) is 0.846. The van der Waals surface area contributed by atoms with Crippen LogP contribution in [0.3, 0.4) is 0 Å². The van der Waals surface area contributed by atoms with Gasteiger partial charge < -0.3 is 10.0 Å². The van der Waals surface area contributed by atoms with E-state index in [1.165, 1.54) is 19.3 Å². The summed E-state index contributed by atoms with van der Waals surface area (Å²) in [4.78, 5) is 11.3. The van der Waals surface area contributed by atoms with E-state index < -0.39 is 0 Å². The molecule has 4 nitrogen and oxygen atoms in total. The van der Waals surface area contributed by atoms with Crippen LogP contribution in [-0.2, 0) is 0 Å². The molecule has 94 valence electrons. The number of nitrogens with zero attached hydrogens (tertiary/aromatic N) is 3. The molecule has 0 unspecified atom stereocenters. The zero-order chi connectivity index (χ0) is 12.3. The van der Waals surface area contributed by atoms with Crippen LogP contribution in [-0.4, -0.2) is 34.3 Å². The van der Waals surface area contributed by atoms with Gasteiger partial charge in [0.15, 0.2) is 0 Å². The first-order chi connectivity index (χ1) is 8.20. The van der Waals surface area contributed by atoms with Crippen molar-refractivity contribution in [1.29, 1.82) is 0 Å². The Balaban J connectivity index is 2.17. The van der Waals surface area contributed by atoms with E-state index >= 15 is 0 Å². The first kappa shape index (κ1) is 12.3. The predicted octanol–water partition coefficient (Wildman–Crippen LogP) is 1.83. The summed E-state index contributed by atoms with van der Waals surface area (Å²) in [6.45, 7) is 5.09. The first-order valence-corrected chi connectivity index (χ1v) is 6.40. The number of aromatic nitrogens is 2. The van der Waals surface area contributed by atoms with Gasteiger partial charge in [0.05, 0.1) is 0 Å². The third-order valence-corrected chi connectivity index (χ3v) is 3.30. The van der Waals surface area contributed by atoms with Crippen LogP contribution >= 0.6 is 0 Å². The minimum absolute atomic E-state index is 0.230. The van der Waals surface area contributed by atoms with Crippen molar-refractivity contribution in [2.24, 2.45) is 0 Å². The van der Waals surface area contributed by atoms with Gasteiger partial charge in [0.25, 0.3) is 0 Å². The summed E-state index contributed by atoms with van der Waals surface area (Å²) < 4.78 is 0. The molecule has 1 aromatic heterocycles. The topological polar surface area (TPSA) is 49.2 Å². The molecule has 1 saturated carbocycles. The zero-order valence-corrected chi connectivity index (χ0v) is 10.7. The van der Waals surface area contributed by atoms with Gasteiger partial charge in [0.1, 0.15) is 0 Å². The number of hydrogen-bond donors (Lipinski definition) is 1. The average molecular weight is 235 g/mol. The highest BCUT2D eigenvalue weighted by atomic mass is 16.3. The fourth-order valence-corrected chi connectivity index (χ4v) is 2.22. The van der Waals surface area contributed by atoms with E-state index in [2.05, 4.69) is 14.9 Å². The molecule has 1 aromatic rings. The maximum atomic E-state index is 8.98. The van der Waals surface area contributed by atoms with Gasteiger partial charge in [-0.15, -0.1) is 0 Å². The van der Waals surface area contributed by atoms with E-state index in [0.717, 1.165) is 30.3 Å². The lowest BCUT2D eigenvalue weighted by molar-refractivity contribution is 0.282. The molecule has 1 heterocycles. The van der Waals surface area contributed by atoms with Crippen LogP contribution in [0.25, 0.3) is 0 Å². The standard InChI is InChI=1S/C13H21N3O/c1-10-9-11(2)15-13(14-10)16(7-4-8-17)12-5-3-6-12/h9,12,17H,3-8H2,1-2H3. The van der Waals surface area contributed by atoms with Crippen LogP contribution in [0.5, 0.6) is 0 Å². The second kappa shape index (κ2) is 5.45. The van der Waals surface area contributed by atoms with Crippen molar-refractivity contribution >= 4 is 5.95 Å². The van der Waals surface area contributed by atoms with Crippen molar-refractivity contribution in [3.63, 3.8) is 0 Å². The molecule has 0 radical (unpaired) electrons. The Labute approximate surface area is 103 Å². The summed E-state index contributed by atoms with van der Waals surface area (Å²) >= 11 is 0. The molecule has 4 heteroatoms. The second-order valence-corrected chi connectivity index (χ2v) is 4.81. The number of aliphatic hydroxyl groups excluding tert-OH is 1. The maximum absolute atomic E-state index is 8.98. The Bertz CT molecular complexity index is 357. The van der Waals surface area contributed by atoms with E-state index in [0.29, 0.717) is 6.04 Å². The van der Waals surface area contributed by atoms with Crippen LogP contribution in [0.1, 0.15) is 37.1 Å². The van der Waals surface area contributed by atoms with E-state index in [-0.39, 0.29) is 6.61 Å². The number of aliphatic hydroxyl groups is 1. The van der Waals surface area contributed by atoms with Gasteiger partial charge in [-0.2, -0.15) is 0 Å².